The van der Waals surface area contributed by atoms with E-state index < -0.39 is 46.7 Å². The number of rotatable bonds is 25. The molecule has 0 fully saturated rings. The van der Waals surface area contributed by atoms with Crippen LogP contribution in [-0.2, 0) is 28.9 Å². The first-order valence-electron chi connectivity index (χ1n) is 37.8. The highest BCUT2D eigenvalue weighted by atomic mass is 19.4. The van der Waals surface area contributed by atoms with Gasteiger partial charge in [0.15, 0.2) is 11.6 Å². The summed E-state index contributed by atoms with van der Waals surface area (Å²) < 4.78 is 124. The number of benzene rings is 11. The third kappa shape index (κ3) is 26.2. The van der Waals surface area contributed by atoms with Crippen molar-refractivity contribution in [2.45, 2.75) is 164 Å². The second-order valence-electron chi connectivity index (χ2n) is 27.4. The summed E-state index contributed by atoms with van der Waals surface area (Å²) in [5, 5.41) is 2.65. The quantitative estimate of drug-likeness (QED) is 0.0180. The minimum Gasteiger partial charge on any atom is -0.490 e. The number of aryl methyl sites for hydroxylation is 2. The molecule has 0 spiro atoms. The zero-order valence-electron chi connectivity index (χ0n) is 65.6. The van der Waals surface area contributed by atoms with Crippen molar-refractivity contribution in [2.24, 2.45) is 0 Å². The number of fused-ring (bicyclic) bond motifs is 1. The Labute approximate surface area is 653 Å². The first kappa shape index (κ1) is 87.9. The van der Waals surface area contributed by atoms with Gasteiger partial charge in [-0.05, 0) is 210 Å². The Morgan fingerprint density at radius 1 is 0.339 bits per heavy atom. The van der Waals surface area contributed by atoms with Gasteiger partial charge in [-0.25, -0.2) is 28.0 Å². The van der Waals surface area contributed by atoms with Crippen LogP contribution < -0.4 is 18.9 Å². The fourth-order valence-electron chi connectivity index (χ4n) is 11.3. The lowest BCUT2D eigenvalue weighted by molar-refractivity contribution is -0.143. The summed E-state index contributed by atoms with van der Waals surface area (Å²) in [5.41, 5.74) is 9.49. The van der Waals surface area contributed by atoms with Crippen molar-refractivity contribution < 1.29 is 78.3 Å². The van der Waals surface area contributed by atoms with Gasteiger partial charge < -0.3 is 28.4 Å². The molecule has 17 heteroatoms. The van der Waals surface area contributed by atoms with E-state index in [0.29, 0.717) is 65.9 Å². The van der Waals surface area contributed by atoms with Gasteiger partial charge in [0, 0.05) is 0 Å². The van der Waals surface area contributed by atoms with Crippen molar-refractivity contribution >= 4 is 34.6 Å². The summed E-state index contributed by atoms with van der Waals surface area (Å²) in [6.07, 6.45) is -0.441. The maximum absolute atomic E-state index is 13.8. The predicted molar refractivity (Wildman–Crippen MR) is 429 cm³/mol. The van der Waals surface area contributed by atoms with E-state index in [-0.39, 0.29) is 36.0 Å². The van der Waals surface area contributed by atoms with Gasteiger partial charge in [-0.15, -0.1) is 0 Å². The summed E-state index contributed by atoms with van der Waals surface area (Å²) in [7, 11) is 0. The molecule has 0 aromatic heterocycles. The zero-order valence-corrected chi connectivity index (χ0v) is 65.6. The van der Waals surface area contributed by atoms with Crippen LogP contribution in [0.5, 0.6) is 23.0 Å². The van der Waals surface area contributed by atoms with Crippen molar-refractivity contribution in [1.82, 2.24) is 0 Å². The van der Waals surface area contributed by atoms with Gasteiger partial charge in [0.25, 0.3) is 0 Å². The van der Waals surface area contributed by atoms with E-state index in [4.69, 9.17) is 23.7 Å². The standard InChI is InChI=1S/C21H22O.C20H24O3.C19H22O2.C18H13F7O2.C17H18O2/c1-3-16(2)19-14-13-17(20-11-7-8-12-21(19)20)15-22-18-9-5-4-6-10-18;1-4-16(3)17-7-9-18(10-8-17)20(21)23-14-13-22-19-11-5-15(2)6-12-19;1-4-15(3)17-9-11-18(12-10-17)19(20)21-13-16-7-5-14(2)6-8-16;1-3-8(2)9-4-6-10(7-5-9)17(26)27-16-14(21)12(19)11(18(23,24)25)13(20)15(16)22;1-3-13(2)14-9-11-15(12-10-14)17(18)19-16-7-5-4-6-8-16/h4-14,16H,3,15H2,1-2H3;5-12,16H,4,13-14H2,1-3H3;5-12,15H,4,13H2,1-3H3;4-8H,3H2,1-2H3;4-13H,3H2,1-2H3. The van der Waals surface area contributed by atoms with E-state index in [1.54, 1.807) is 24.3 Å². The van der Waals surface area contributed by atoms with Crippen molar-refractivity contribution in [3.05, 3.63) is 344 Å². The summed E-state index contributed by atoms with van der Waals surface area (Å²) in [5.74, 6) is -9.93. The second-order valence-corrected chi connectivity index (χ2v) is 27.4. The molecule has 0 bridgehead atoms. The molecule has 11 aromatic carbocycles. The van der Waals surface area contributed by atoms with Crippen LogP contribution in [0.15, 0.2) is 243 Å². The molecule has 11 aromatic rings. The van der Waals surface area contributed by atoms with Gasteiger partial charge in [0.1, 0.15) is 49.2 Å². The second kappa shape index (κ2) is 43.9. The number of carbonyl (C=O) groups is 4. The van der Waals surface area contributed by atoms with Crippen molar-refractivity contribution in [3.63, 3.8) is 0 Å². The normalized spacial score (nSPS) is 12.2. The average Bonchev–Trinajstić information content (AvgIpc) is 0.691. The Bertz CT molecular complexity index is 4720. The Morgan fingerprint density at radius 3 is 1.12 bits per heavy atom. The molecular formula is C95H99F7O10. The summed E-state index contributed by atoms with van der Waals surface area (Å²) in [4.78, 5) is 47.9. The Kier molecular flexibility index (Phi) is 34.5. The molecule has 5 atom stereocenters. The van der Waals surface area contributed by atoms with Crippen LogP contribution >= 0.6 is 0 Å². The Morgan fingerprint density at radius 2 is 0.705 bits per heavy atom. The van der Waals surface area contributed by atoms with Crippen LogP contribution in [0.4, 0.5) is 30.7 Å². The maximum atomic E-state index is 13.8. The SMILES string of the molecule is CCC(C)c1ccc(C(=O)OCCOc2ccc(C)cc2)cc1.CCC(C)c1ccc(C(=O)OCc2ccc(C)cc2)cc1.CCC(C)c1ccc(C(=O)Oc2c(F)c(F)c(C(F)(F)F)c(F)c2F)cc1.CCC(C)c1ccc(C(=O)Oc2ccccc2)cc1.CCC(C)c1ccc(COc2ccccc2)c2ccccc12. The van der Waals surface area contributed by atoms with Gasteiger partial charge in [0.05, 0.1) is 22.3 Å². The molecule has 0 aliphatic carbocycles. The average molecular weight is 1530 g/mol. The predicted octanol–water partition coefficient (Wildman–Crippen LogP) is 26.0. The molecule has 0 N–H and O–H groups in total. The first-order chi connectivity index (χ1) is 53.7. The number of hydrogen-bond donors (Lipinski definition) is 0. The number of hydrogen-bond acceptors (Lipinski definition) is 10. The number of alkyl halides is 3. The fraction of sp³-hybridized carbons (Fsp3) is 0.284. The summed E-state index contributed by atoms with van der Waals surface area (Å²) in [6.45, 7) is 27.0. The molecule has 0 aliphatic heterocycles. The van der Waals surface area contributed by atoms with Gasteiger partial charge in [-0.3, -0.25) is 0 Å². The number of para-hydroxylation sites is 2. The lowest BCUT2D eigenvalue weighted by Crippen LogP contribution is -2.18. The van der Waals surface area contributed by atoms with Crippen LogP contribution in [0.25, 0.3) is 10.8 Å². The first-order valence-corrected chi connectivity index (χ1v) is 37.8. The molecule has 0 amide bonds. The van der Waals surface area contributed by atoms with E-state index in [1.165, 1.54) is 61.8 Å². The number of ether oxygens (including phenoxy) is 6. The molecule has 5 unspecified atom stereocenters. The van der Waals surface area contributed by atoms with E-state index in [2.05, 4.69) is 96.5 Å². The van der Waals surface area contributed by atoms with Crippen LogP contribution in [0, 0.1) is 37.1 Å². The molecule has 11 rings (SSSR count). The van der Waals surface area contributed by atoms with Crippen LogP contribution in [-0.4, -0.2) is 37.1 Å². The van der Waals surface area contributed by atoms with Crippen LogP contribution in [0.2, 0.25) is 0 Å². The summed E-state index contributed by atoms with van der Waals surface area (Å²) >= 11 is 0. The highest BCUT2D eigenvalue weighted by Crippen LogP contribution is 2.40. The van der Waals surface area contributed by atoms with E-state index in [0.717, 1.165) is 54.7 Å². The maximum Gasteiger partial charge on any atom is 0.422 e. The Balaban J connectivity index is 0.000000195. The monoisotopic (exact) mass is 1530 g/mol. The smallest absolute Gasteiger partial charge is 0.422 e. The molecule has 0 radical (unpaired) electrons. The van der Waals surface area contributed by atoms with E-state index in [1.807, 2.05) is 198 Å². The molecular weight excluding hydrogens is 1430 g/mol. The van der Waals surface area contributed by atoms with Gasteiger partial charge in [0.2, 0.25) is 17.4 Å². The molecule has 0 saturated carbocycles. The largest absolute Gasteiger partial charge is 0.490 e. The molecule has 0 saturated heterocycles. The van der Waals surface area contributed by atoms with Crippen molar-refractivity contribution in [3.8, 4) is 23.0 Å². The van der Waals surface area contributed by atoms with Gasteiger partial charge in [-0.1, -0.05) is 238 Å². The van der Waals surface area contributed by atoms with Crippen molar-refractivity contribution in [1.29, 1.82) is 0 Å². The molecule has 0 aliphatic rings. The lowest BCUT2D eigenvalue weighted by Gasteiger charge is -2.16. The molecule has 10 nitrogen and oxygen atoms in total. The molecule has 0 heterocycles. The topological polar surface area (TPSA) is 124 Å². The fourth-order valence-corrected chi connectivity index (χ4v) is 11.3. The lowest BCUT2D eigenvalue weighted by atomic mass is 9.91. The molecule has 112 heavy (non-hydrogen) atoms. The van der Waals surface area contributed by atoms with Gasteiger partial charge >= 0.3 is 30.1 Å². The number of esters is 4. The van der Waals surface area contributed by atoms with Gasteiger partial charge in [-0.2, -0.15) is 22.0 Å². The highest BCUT2D eigenvalue weighted by Gasteiger charge is 2.43. The number of halogens is 7. The Hall–Kier alpha value is -11.3. The van der Waals surface area contributed by atoms with Crippen LogP contribution in [0.1, 0.15) is 228 Å². The highest BCUT2D eigenvalue weighted by molar-refractivity contribution is 5.93. The zero-order chi connectivity index (χ0) is 81.4. The third-order valence-electron chi connectivity index (χ3n) is 19.4. The molecule has 588 valence electrons. The van der Waals surface area contributed by atoms with E-state index in [9.17, 15) is 49.9 Å². The van der Waals surface area contributed by atoms with Crippen molar-refractivity contribution in [2.75, 3.05) is 13.2 Å². The third-order valence-corrected chi connectivity index (χ3v) is 19.4. The minimum absolute atomic E-state index is 0.170. The summed E-state index contributed by atoms with van der Waals surface area (Å²) in [6, 6.07) is 76.6. The minimum atomic E-state index is -5.68. The van der Waals surface area contributed by atoms with E-state index >= 15 is 0 Å². The van der Waals surface area contributed by atoms with Crippen LogP contribution in [0.3, 0.4) is 0 Å². The number of carbonyl (C=O) groups excluding carboxylic acids is 4.